The van der Waals surface area contributed by atoms with Crippen molar-refractivity contribution in [1.82, 2.24) is 19.6 Å². The van der Waals surface area contributed by atoms with Gasteiger partial charge in [0.05, 0.1) is 5.69 Å². The third-order valence-electron chi connectivity index (χ3n) is 3.26. The van der Waals surface area contributed by atoms with Crippen LogP contribution in [0.2, 0.25) is 5.15 Å². The SMILES string of the molecule is CC(C)c1cc(Cl)n2nc(N3CCCC3)nc2n1. The summed E-state index contributed by atoms with van der Waals surface area (Å²) in [4.78, 5) is 11.2. The fourth-order valence-electron chi connectivity index (χ4n) is 2.19. The monoisotopic (exact) mass is 265 g/mol. The molecule has 0 saturated carbocycles. The first kappa shape index (κ1) is 11.7. The third-order valence-corrected chi connectivity index (χ3v) is 3.53. The molecule has 1 aliphatic heterocycles. The zero-order valence-corrected chi connectivity index (χ0v) is 11.4. The van der Waals surface area contributed by atoms with Crippen molar-refractivity contribution in [2.75, 3.05) is 18.0 Å². The second-order valence-corrected chi connectivity index (χ2v) is 5.36. The summed E-state index contributed by atoms with van der Waals surface area (Å²) in [6.45, 7) is 6.22. The first-order valence-electron chi connectivity index (χ1n) is 6.33. The molecule has 0 amide bonds. The Morgan fingerprint density at radius 2 is 1.94 bits per heavy atom. The number of rotatable bonds is 2. The van der Waals surface area contributed by atoms with Gasteiger partial charge in [0.1, 0.15) is 5.15 Å². The number of nitrogens with zero attached hydrogens (tertiary/aromatic N) is 5. The Bertz CT molecular complexity index is 571. The summed E-state index contributed by atoms with van der Waals surface area (Å²) in [5, 5.41) is 5.00. The van der Waals surface area contributed by atoms with Gasteiger partial charge in [-0.1, -0.05) is 25.4 Å². The topological polar surface area (TPSA) is 46.3 Å². The second kappa shape index (κ2) is 4.39. The number of halogens is 1. The van der Waals surface area contributed by atoms with E-state index in [1.807, 2.05) is 6.07 Å². The van der Waals surface area contributed by atoms with E-state index in [9.17, 15) is 0 Å². The first-order chi connectivity index (χ1) is 8.65. The Morgan fingerprint density at radius 3 is 2.61 bits per heavy atom. The molecule has 0 spiro atoms. The van der Waals surface area contributed by atoms with Crippen LogP contribution in [0.15, 0.2) is 6.07 Å². The Balaban J connectivity index is 2.07. The minimum Gasteiger partial charge on any atom is -0.339 e. The number of anilines is 1. The highest BCUT2D eigenvalue weighted by Crippen LogP contribution is 2.21. The summed E-state index contributed by atoms with van der Waals surface area (Å²) in [6, 6.07) is 1.86. The van der Waals surface area contributed by atoms with Crippen LogP contribution in [0.25, 0.3) is 5.78 Å². The Hall–Kier alpha value is -1.36. The molecule has 1 fully saturated rings. The maximum atomic E-state index is 6.23. The summed E-state index contributed by atoms with van der Waals surface area (Å²) < 4.78 is 1.61. The minimum absolute atomic E-state index is 0.333. The average molecular weight is 266 g/mol. The predicted octanol–water partition coefficient (Wildman–Crippen LogP) is 2.50. The second-order valence-electron chi connectivity index (χ2n) is 4.98. The van der Waals surface area contributed by atoms with Crippen molar-refractivity contribution in [3.8, 4) is 0 Å². The fraction of sp³-hybridized carbons (Fsp3) is 0.583. The van der Waals surface area contributed by atoms with Gasteiger partial charge in [-0.3, -0.25) is 0 Å². The standard InChI is InChI=1S/C12H16ClN5/c1-8(2)9-7-10(13)18-11(14-9)15-12(16-18)17-5-3-4-6-17/h7-8H,3-6H2,1-2H3. The molecule has 1 aliphatic rings. The Kier molecular flexibility index (Phi) is 2.86. The van der Waals surface area contributed by atoms with Crippen LogP contribution in [0.3, 0.4) is 0 Å². The molecule has 18 heavy (non-hydrogen) atoms. The van der Waals surface area contributed by atoms with E-state index >= 15 is 0 Å². The maximum Gasteiger partial charge on any atom is 0.255 e. The van der Waals surface area contributed by atoms with Crippen LogP contribution in [0.5, 0.6) is 0 Å². The quantitative estimate of drug-likeness (QED) is 0.783. The highest BCUT2D eigenvalue weighted by Gasteiger charge is 2.19. The van der Waals surface area contributed by atoms with Gasteiger partial charge in [-0.25, -0.2) is 4.98 Å². The molecule has 0 aliphatic carbocycles. The highest BCUT2D eigenvalue weighted by atomic mass is 35.5. The largest absolute Gasteiger partial charge is 0.339 e. The van der Waals surface area contributed by atoms with Crippen LogP contribution in [-0.2, 0) is 0 Å². The molecule has 0 radical (unpaired) electrons. The van der Waals surface area contributed by atoms with Crippen molar-refractivity contribution >= 4 is 23.3 Å². The first-order valence-corrected chi connectivity index (χ1v) is 6.71. The van der Waals surface area contributed by atoms with Gasteiger partial charge in [-0.15, -0.1) is 5.10 Å². The van der Waals surface area contributed by atoms with E-state index in [0.29, 0.717) is 16.8 Å². The normalized spacial score (nSPS) is 16.1. The lowest BCUT2D eigenvalue weighted by Crippen LogP contribution is -2.19. The van der Waals surface area contributed by atoms with Gasteiger partial charge in [0.2, 0.25) is 5.95 Å². The Labute approximate surface area is 111 Å². The molecular formula is C12H16ClN5. The van der Waals surface area contributed by atoms with Crippen LogP contribution >= 0.6 is 11.6 Å². The summed E-state index contributed by atoms with van der Waals surface area (Å²) in [7, 11) is 0. The summed E-state index contributed by atoms with van der Waals surface area (Å²) in [6.07, 6.45) is 2.40. The minimum atomic E-state index is 0.333. The number of hydrogen-bond acceptors (Lipinski definition) is 4. The molecule has 0 unspecified atom stereocenters. The molecule has 2 aromatic rings. The lowest BCUT2D eigenvalue weighted by atomic mass is 10.1. The molecule has 6 heteroatoms. The summed E-state index contributed by atoms with van der Waals surface area (Å²) in [5.74, 6) is 1.66. The number of hydrogen-bond donors (Lipinski definition) is 0. The van der Waals surface area contributed by atoms with Gasteiger partial charge >= 0.3 is 0 Å². The number of aromatic nitrogens is 4. The van der Waals surface area contributed by atoms with Crippen molar-refractivity contribution in [3.05, 3.63) is 16.9 Å². The predicted molar refractivity (Wildman–Crippen MR) is 71.3 cm³/mol. The summed E-state index contributed by atoms with van der Waals surface area (Å²) >= 11 is 6.23. The van der Waals surface area contributed by atoms with Crippen LogP contribution < -0.4 is 4.90 Å². The molecule has 3 rings (SSSR count). The van der Waals surface area contributed by atoms with Gasteiger partial charge in [-0.05, 0) is 24.8 Å². The van der Waals surface area contributed by atoms with Gasteiger partial charge in [0, 0.05) is 13.1 Å². The molecule has 3 heterocycles. The van der Waals surface area contributed by atoms with E-state index in [1.165, 1.54) is 12.8 Å². The van der Waals surface area contributed by atoms with Crippen LogP contribution in [0.4, 0.5) is 5.95 Å². The van der Waals surface area contributed by atoms with Crippen molar-refractivity contribution in [2.24, 2.45) is 0 Å². The number of fused-ring (bicyclic) bond motifs is 1. The van der Waals surface area contributed by atoms with Crippen molar-refractivity contribution < 1.29 is 0 Å². The zero-order valence-electron chi connectivity index (χ0n) is 10.6. The highest BCUT2D eigenvalue weighted by molar-refractivity contribution is 6.29. The van der Waals surface area contributed by atoms with E-state index < -0.39 is 0 Å². The van der Waals surface area contributed by atoms with Crippen molar-refractivity contribution in [3.63, 3.8) is 0 Å². The van der Waals surface area contributed by atoms with Crippen LogP contribution in [0, 0.1) is 0 Å². The van der Waals surface area contributed by atoms with Crippen molar-refractivity contribution in [1.29, 1.82) is 0 Å². The molecule has 5 nitrogen and oxygen atoms in total. The van der Waals surface area contributed by atoms with Crippen molar-refractivity contribution in [2.45, 2.75) is 32.6 Å². The maximum absolute atomic E-state index is 6.23. The Morgan fingerprint density at radius 1 is 1.22 bits per heavy atom. The van der Waals surface area contributed by atoms with E-state index in [1.54, 1.807) is 4.52 Å². The fourth-order valence-corrected chi connectivity index (χ4v) is 2.41. The molecule has 2 aromatic heterocycles. The smallest absolute Gasteiger partial charge is 0.255 e. The molecule has 1 saturated heterocycles. The van der Waals surface area contributed by atoms with Crippen LogP contribution in [-0.4, -0.2) is 32.7 Å². The van der Waals surface area contributed by atoms with E-state index in [-0.39, 0.29) is 0 Å². The van der Waals surface area contributed by atoms with Gasteiger partial charge in [-0.2, -0.15) is 9.50 Å². The third kappa shape index (κ3) is 1.92. The lowest BCUT2D eigenvalue weighted by molar-refractivity contribution is 0.805. The molecule has 0 atom stereocenters. The summed E-state index contributed by atoms with van der Waals surface area (Å²) in [5.41, 5.74) is 0.952. The molecule has 0 aromatic carbocycles. The molecule has 96 valence electrons. The average Bonchev–Trinajstić information content (AvgIpc) is 2.96. The van der Waals surface area contributed by atoms with E-state index in [0.717, 1.165) is 24.7 Å². The van der Waals surface area contributed by atoms with E-state index in [2.05, 4.69) is 33.8 Å². The zero-order chi connectivity index (χ0) is 12.7. The molecule has 0 bridgehead atoms. The molecule has 0 N–H and O–H groups in total. The lowest BCUT2D eigenvalue weighted by Gasteiger charge is -2.10. The van der Waals surface area contributed by atoms with Gasteiger partial charge in [0.15, 0.2) is 0 Å². The van der Waals surface area contributed by atoms with E-state index in [4.69, 9.17) is 11.6 Å². The van der Waals surface area contributed by atoms with Crippen LogP contribution in [0.1, 0.15) is 38.3 Å². The molecular weight excluding hydrogens is 250 g/mol. The van der Waals surface area contributed by atoms with Gasteiger partial charge in [0.25, 0.3) is 5.78 Å². The van der Waals surface area contributed by atoms with Gasteiger partial charge < -0.3 is 4.90 Å².